The summed E-state index contributed by atoms with van der Waals surface area (Å²) >= 11 is 0. The number of likely N-dealkylation sites (tertiary alicyclic amines) is 2. The van der Waals surface area contributed by atoms with Crippen LogP contribution in [0.3, 0.4) is 0 Å². The number of nitrogens with one attached hydrogen (secondary N) is 1. The SMILES string of the molecule is Cc1nn(CCCCCCCC#Cc2cccc3c2CN(C2CCC(=O)N(COCC[Si](C)(C)C)C2=O)C3=O)c2cc(C(=O)Nc3cc4c(cn3)cc([C@H]3CCCN3C)n4C(=O)OC(C)(C)C)c(F)cc12. The van der Waals surface area contributed by atoms with Crippen molar-refractivity contribution in [3.63, 3.8) is 0 Å². The third-order valence-corrected chi connectivity index (χ3v) is 15.3. The number of halogens is 1. The molecule has 15 nitrogen and oxygen atoms in total. The largest absolute Gasteiger partial charge is 0.443 e. The normalized spacial score (nSPS) is 17.6. The number of carbonyl (C=O) groups is 5. The van der Waals surface area contributed by atoms with E-state index in [1.807, 2.05) is 57.6 Å². The highest BCUT2D eigenvalue weighted by Crippen LogP contribution is 2.36. The van der Waals surface area contributed by atoms with Crippen LogP contribution in [0, 0.1) is 24.6 Å². The lowest BCUT2D eigenvalue weighted by molar-refractivity contribution is -0.158. The molecule has 3 aliphatic rings. The quantitative estimate of drug-likeness (QED) is 0.0436. The van der Waals surface area contributed by atoms with Gasteiger partial charge in [-0.1, -0.05) is 56.8 Å². The van der Waals surface area contributed by atoms with Gasteiger partial charge in [0.2, 0.25) is 5.91 Å². The number of hydrogen-bond acceptors (Lipinski definition) is 10. The fourth-order valence-electron chi connectivity index (χ4n) is 9.78. The van der Waals surface area contributed by atoms with Crippen LogP contribution in [0.5, 0.6) is 0 Å². The van der Waals surface area contributed by atoms with Gasteiger partial charge in [0.25, 0.3) is 17.7 Å². The Morgan fingerprint density at radius 3 is 2.49 bits per heavy atom. The van der Waals surface area contributed by atoms with Gasteiger partial charge in [-0.15, -0.1) is 0 Å². The number of fused-ring (bicyclic) bond motifs is 3. The molecule has 0 spiro atoms. The lowest BCUT2D eigenvalue weighted by Crippen LogP contribution is -2.55. The number of amides is 4. The fourth-order valence-corrected chi connectivity index (χ4v) is 10.5. The molecule has 3 aliphatic heterocycles. The van der Waals surface area contributed by atoms with Crippen LogP contribution in [0.4, 0.5) is 15.0 Å². The first-order chi connectivity index (χ1) is 33.8. The highest BCUT2D eigenvalue weighted by atomic mass is 28.3. The predicted molar refractivity (Wildman–Crippen MR) is 273 cm³/mol. The van der Waals surface area contributed by atoms with Crippen LogP contribution in [0.1, 0.15) is 134 Å². The summed E-state index contributed by atoms with van der Waals surface area (Å²) in [5.74, 6) is 4.54. The Morgan fingerprint density at radius 2 is 1.75 bits per heavy atom. The molecule has 3 aromatic heterocycles. The van der Waals surface area contributed by atoms with E-state index in [-0.39, 0.29) is 61.3 Å². The first kappa shape index (κ1) is 51.1. The second-order valence-corrected chi connectivity index (χ2v) is 27.0. The molecule has 2 aromatic carbocycles. The second-order valence-electron chi connectivity index (χ2n) is 21.4. The van der Waals surface area contributed by atoms with Gasteiger partial charge >= 0.3 is 6.09 Å². The zero-order valence-electron chi connectivity index (χ0n) is 42.5. The zero-order chi connectivity index (χ0) is 50.8. The van der Waals surface area contributed by atoms with Crippen LogP contribution in [-0.4, -0.2) is 110 Å². The molecule has 17 heteroatoms. The number of carbonyl (C=O) groups excluding carboxylic acids is 5. The molecule has 2 atom stereocenters. The maximum Gasteiger partial charge on any atom is 0.419 e. The van der Waals surface area contributed by atoms with E-state index in [1.54, 1.807) is 33.9 Å². The van der Waals surface area contributed by atoms with Crippen LogP contribution >= 0.6 is 0 Å². The van der Waals surface area contributed by atoms with E-state index in [1.165, 1.54) is 6.07 Å². The summed E-state index contributed by atoms with van der Waals surface area (Å²) in [6, 6.07) is 12.2. The van der Waals surface area contributed by atoms with E-state index in [4.69, 9.17) is 14.6 Å². The maximum absolute atomic E-state index is 15.7. The maximum atomic E-state index is 15.7. The number of ether oxygens (including phenoxy) is 2. The number of unbranched alkanes of at least 4 members (excludes halogenated alkanes) is 5. The lowest BCUT2D eigenvalue weighted by atomic mass is 10.0. The van der Waals surface area contributed by atoms with Crippen LogP contribution in [-0.2, 0) is 32.2 Å². The van der Waals surface area contributed by atoms with Crippen LogP contribution < -0.4 is 5.32 Å². The van der Waals surface area contributed by atoms with Crippen molar-refractivity contribution in [1.29, 1.82) is 0 Å². The lowest BCUT2D eigenvalue weighted by Gasteiger charge is -2.35. The van der Waals surface area contributed by atoms with Crippen molar-refractivity contribution in [1.82, 2.24) is 34.0 Å². The van der Waals surface area contributed by atoms with E-state index in [2.05, 4.69) is 46.7 Å². The minimum absolute atomic E-state index is 0.0148. The van der Waals surface area contributed by atoms with Gasteiger partial charge in [0, 0.05) is 80.5 Å². The molecule has 6 heterocycles. The van der Waals surface area contributed by atoms with E-state index in [9.17, 15) is 24.0 Å². The van der Waals surface area contributed by atoms with Gasteiger partial charge < -0.3 is 19.7 Å². The number of aromatic nitrogens is 4. The third-order valence-electron chi connectivity index (χ3n) is 13.6. The van der Waals surface area contributed by atoms with E-state index < -0.39 is 37.5 Å². The summed E-state index contributed by atoms with van der Waals surface area (Å²) < 4.78 is 30.6. The van der Waals surface area contributed by atoms with Gasteiger partial charge in [-0.05, 0) is 115 Å². The van der Waals surface area contributed by atoms with E-state index in [0.717, 1.165) is 84.6 Å². The minimum atomic E-state index is -1.33. The highest BCUT2D eigenvalue weighted by molar-refractivity contribution is 6.76. The summed E-state index contributed by atoms with van der Waals surface area (Å²) in [5, 5.41) is 8.83. The van der Waals surface area contributed by atoms with E-state index in [0.29, 0.717) is 47.2 Å². The standard InChI is InChI=1S/C54H67FN8O7Si/c1-35-39-29-42(55)40(50(65)57-48-31-45-37(32-56-48)28-47(43-21-17-24-59(43)5)63(45)53(68)70-54(2,3)4)30-46(39)62(58-35)25-15-13-11-9-10-12-14-18-36-19-16-20-38-41(36)33-60(51(38)66)44-22-23-49(64)61(52(44)67)34-69-26-27-71(6,7)8/h16,19-20,28-32,43-44H,9-13,15,17,21-27,33-34H2,1-8H3,(H,56,57,65)/t43-,44?/m1/s1. The molecule has 0 saturated carbocycles. The van der Waals surface area contributed by atoms with E-state index >= 15 is 4.39 Å². The van der Waals surface area contributed by atoms with Gasteiger partial charge in [0.1, 0.15) is 30.0 Å². The number of pyridine rings is 1. The Bertz CT molecular complexity index is 2940. The van der Waals surface area contributed by atoms with Crippen molar-refractivity contribution in [3.8, 4) is 11.8 Å². The average molecular weight is 987 g/mol. The summed E-state index contributed by atoms with van der Waals surface area (Å²) in [4.78, 5) is 76.6. The first-order valence-electron chi connectivity index (χ1n) is 25.0. The molecular weight excluding hydrogens is 920 g/mol. The number of imide groups is 1. The summed E-state index contributed by atoms with van der Waals surface area (Å²) in [6.45, 7) is 16.2. The molecular formula is C54H67FN8O7Si. The predicted octanol–water partition coefficient (Wildman–Crippen LogP) is 9.81. The topological polar surface area (TPSA) is 161 Å². The van der Waals surface area contributed by atoms with Gasteiger partial charge in [-0.3, -0.25) is 33.7 Å². The van der Waals surface area contributed by atoms with Gasteiger partial charge in [-0.25, -0.2) is 18.7 Å². The number of hydrogen-bond donors (Lipinski definition) is 1. The van der Waals surface area contributed by atoms with Crippen molar-refractivity contribution < 1.29 is 37.8 Å². The summed E-state index contributed by atoms with van der Waals surface area (Å²) in [7, 11) is 0.700. The summed E-state index contributed by atoms with van der Waals surface area (Å²) in [5.41, 5.74) is 3.93. The zero-order valence-corrected chi connectivity index (χ0v) is 43.5. The molecule has 1 unspecified atom stereocenters. The van der Waals surface area contributed by atoms with Crippen molar-refractivity contribution in [3.05, 3.63) is 88.1 Å². The monoisotopic (exact) mass is 986 g/mol. The van der Waals surface area contributed by atoms with Crippen LogP contribution in [0.15, 0.2) is 48.7 Å². The molecule has 376 valence electrons. The Morgan fingerprint density at radius 1 is 0.972 bits per heavy atom. The second kappa shape index (κ2) is 21.2. The Kier molecular flexibility index (Phi) is 15.3. The Hall–Kier alpha value is -6.22. The number of benzene rings is 2. The first-order valence-corrected chi connectivity index (χ1v) is 28.8. The molecule has 0 bridgehead atoms. The van der Waals surface area contributed by atoms with Crippen LogP contribution in [0.2, 0.25) is 25.7 Å². The molecule has 2 fully saturated rings. The molecule has 2 saturated heterocycles. The van der Waals surface area contributed by atoms with Crippen LogP contribution in [0.25, 0.3) is 21.8 Å². The van der Waals surface area contributed by atoms with Gasteiger partial charge in [0.05, 0.1) is 28.3 Å². The molecule has 1 N–H and O–H groups in total. The third kappa shape index (κ3) is 11.6. The molecule has 8 rings (SSSR count). The van der Waals surface area contributed by atoms with Crippen molar-refractivity contribution in [2.75, 3.05) is 32.2 Å². The Balaban J connectivity index is 0.837. The van der Waals surface area contributed by atoms with Crippen molar-refractivity contribution in [2.45, 2.75) is 148 Å². The number of anilines is 1. The molecule has 0 aliphatic carbocycles. The number of rotatable bonds is 16. The minimum Gasteiger partial charge on any atom is -0.443 e. The average Bonchev–Trinajstić information content (AvgIpc) is 4.07. The molecule has 5 aromatic rings. The van der Waals surface area contributed by atoms with Crippen molar-refractivity contribution >= 4 is 65.4 Å². The fraction of sp³-hybridized carbons (Fsp3) is 0.500. The van der Waals surface area contributed by atoms with Gasteiger partial charge in [0.15, 0.2) is 0 Å². The Labute approximate surface area is 416 Å². The smallest absolute Gasteiger partial charge is 0.419 e. The highest BCUT2D eigenvalue weighted by Gasteiger charge is 2.43. The molecule has 71 heavy (non-hydrogen) atoms. The summed E-state index contributed by atoms with van der Waals surface area (Å²) in [6.07, 6.45) is 8.78. The number of aryl methyl sites for hydroxylation is 2. The van der Waals surface area contributed by atoms with Crippen molar-refractivity contribution in [2.24, 2.45) is 0 Å². The number of piperidine rings is 1. The molecule has 0 radical (unpaired) electrons. The van der Waals surface area contributed by atoms with Gasteiger partial charge in [-0.2, -0.15) is 5.10 Å². The number of nitrogens with zero attached hydrogens (tertiary/aromatic N) is 7. The molecule has 4 amide bonds.